The van der Waals surface area contributed by atoms with Gasteiger partial charge in [0.15, 0.2) is 6.29 Å². The van der Waals surface area contributed by atoms with Crippen LogP contribution < -0.4 is 0 Å². The molecule has 2 aliphatic heterocycles. The van der Waals surface area contributed by atoms with E-state index in [2.05, 4.69) is 58.5 Å². The molecule has 8 nitrogen and oxygen atoms in total. The predicted molar refractivity (Wildman–Crippen MR) is 187 cm³/mol. The molecule has 7 rings (SSSR count). The summed E-state index contributed by atoms with van der Waals surface area (Å²) in [7, 11) is 4.28. The third-order valence-electron chi connectivity index (χ3n) is 16.4. The van der Waals surface area contributed by atoms with Crippen molar-refractivity contribution >= 4 is 0 Å². The van der Waals surface area contributed by atoms with E-state index in [9.17, 15) is 10.2 Å². The Morgan fingerprint density at radius 2 is 1.73 bits per heavy atom. The summed E-state index contributed by atoms with van der Waals surface area (Å²) in [5.74, 6) is 1.86. The molecule has 3 unspecified atom stereocenters. The lowest BCUT2D eigenvalue weighted by Crippen LogP contribution is -2.60. The van der Waals surface area contributed by atoms with Gasteiger partial charge in [-0.2, -0.15) is 0 Å². The molecule has 7 fully saturated rings. The van der Waals surface area contributed by atoms with Crippen LogP contribution in [-0.2, 0) is 18.9 Å². The molecule has 8 heteroatoms. The van der Waals surface area contributed by atoms with Crippen molar-refractivity contribution in [3.63, 3.8) is 0 Å². The molecule has 7 aliphatic rings. The first-order valence-corrected chi connectivity index (χ1v) is 19.8. The highest BCUT2D eigenvalue weighted by Gasteiger charge is 2.84. The van der Waals surface area contributed by atoms with Crippen molar-refractivity contribution in [2.24, 2.45) is 50.7 Å². The minimum Gasteiger partial charge on any atom is -0.390 e. The number of aliphatic hydroxyl groups is 2. The van der Waals surface area contributed by atoms with E-state index in [0.29, 0.717) is 41.1 Å². The molecule has 0 amide bonds. The van der Waals surface area contributed by atoms with Crippen molar-refractivity contribution in [1.82, 2.24) is 9.80 Å². The van der Waals surface area contributed by atoms with Gasteiger partial charge in [0.2, 0.25) is 0 Å². The van der Waals surface area contributed by atoms with Gasteiger partial charge in [0, 0.05) is 38.2 Å². The summed E-state index contributed by atoms with van der Waals surface area (Å²) in [5, 5.41) is 23.7. The third kappa shape index (κ3) is 5.10. The monoisotopic (exact) mass is 675 g/mol. The maximum atomic E-state index is 12.6. The summed E-state index contributed by atoms with van der Waals surface area (Å²) in [5.41, 5.74) is -0.423. The second-order valence-electron chi connectivity index (χ2n) is 19.6. The van der Waals surface area contributed by atoms with Gasteiger partial charge < -0.3 is 34.1 Å². The van der Waals surface area contributed by atoms with Crippen molar-refractivity contribution < 1.29 is 29.2 Å². The number of hydrogen-bond acceptors (Lipinski definition) is 8. The number of likely N-dealkylation sites (N-methyl/N-ethyl adjacent to an activating group) is 1. The van der Waals surface area contributed by atoms with Gasteiger partial charge in [-0.15, -0.1) is 0 Å². The fourth-order valence-corrected chi connectivity index (χ4v) is 14.2. The van der Waals surface area contributed by atoms with E-state index < -0.39 is 17.8 Å². The molecule has 0 aromatic heterocycles. The summed E-state index contributed by atoms with van der Waals surface area (Å²) in [6.45, 7) is 23.3. The Bertz CT molecular complexity index is 1190. The topological polar surface area (TPSA) is 83.9 Å². The van der Waals surface area contributed by atoms with Crippen LogP contribution in [0.15, 0.2) is 0 Å². The lowest BCUT2D eigenvalue weighted by molar-refractivity contribution is -0.249. The molecule has 0 aromatic rings. The SMILES string of the molecule is CCO[C@@H](C1C[C@@H](C)[C@H]2C(O1)[C@H](O)[C@@]1(C)C3CC[C@H]4C(C)(C)[C@@H](O[C@H]5CN(CCN(C)C)CCO5)CC[C@@]45C[C@@]35CC[C@]21C)C(C)(C)O. The number of aliphatic hydroxyl groups excluding tert-OH is 1. The quantitative estimate of drug-likeness (QED) is 0.328. The second-order valence-corrected chi connectivity index (χ2v) is 19.6. The second kappa shape index (κ2) is 12.1. The fraction of sp³-hybridized carbons (Fsp3) is 1.00. The summed E-state index contributed by atoms with van der Waals surface area (Å²) in [4.78, 5) is 4.76. The van der Waals surface area contributed by atoms with E-state index in [-0.39, 0.29) is 40.8 Å². The third-order valence-corrected chi connectivity index (χ3v) is 16.4. The van der Waals surface area contributed by atoms with Crippen LogP contribution in [0.5, 0.6) is 0 Å². The first-order valence-electron chi connectivity index (χ1n) is 19.8. The van der Waals surface area contributed by atoms with E-state index >= 15 is 0 Å². The number of morpholine rings is 1. The molecular formula is C40H70N2O6. The first-order chi connectivity index (χ1) is 22.5. The largest absolute Gasteiger partial charge is 0.390 e. The van der Waals surface area contributed by atoms with Crippen molar-refractivity contribution in [1.29, 1.82) is 0 Å². The van der Waals surface area contributed by atoms with Crippen LogP contribution >= 0.6 is 0 Å². The molecule has 2 heterocycles. The van der Waals surface area contributed by atoms with Crippen LogP contribution in [0.4, 0.5) is 0 Å². The Morgan fingerprint density at radius 1 is 1.02 bits per heavy atom. The zero-order valence-electron chi connectivity index (χ0n) is 32.1. The van der Waals surface area contributed by atoms with Crippen LogP contribution in [0.2, 0.25) is 0 Å². The summed E-state index contributed by atoms with van der Waals surface area (Å²) >= 11 is 0. The maximum Gasteiger partial charge on any atom is 0.170 e. The Kier molecular flexibility index (Phi) is 9.10. The first kappa shape index (κ1) is 36.1. The van der Waals surface area contributed by atoms with Crippen LogP contribution in [-0.4, -0.2) is 116 Å². The Morgan fingerprint density at radius 3 is 2.42 bits per heavy atom. The minimum absolute atomic E-state index is 0.0243. The van der Waals surface area contributed by atoms with Gasteiger partial charge in [-0.25, -0.2) is 0 Å². The van der Waals surface area contributed by atoms with Gasteiger partial charge in [-0.3, -0.25) is 4.90 Å². The van der Waals surface area contributed by atoms with Crippen LogP contribution in [0, 0.1) is 50.7 Å². The smallest absolute Gasteiger partial charge is 0.170 e. The average molecular weight is 675 g/mol. The highest BCUT2D eigenvalue weighted by atomic mass is 16.7. The van der Waals surface area contributed by atoms with Gasteiger partial charge in [-0.1, -0.05) is 34.6 Å². The predicted octanol–water partition coefficient (Wildman–Crippen LogP) is 5.58. The molecule has 0 aromatic carbocycles. The molecular weight excluding hydrogens is 604 g/mol. The average Bonchev–Trinajstić information content (AvgIpc) is 3.64. The normalized spacial score (nSPS) is 50.6. The standard InChI is InChI=1S/C40H70N2O6/c1-11-45-34(36(5,6)44)26-22-25(2)31-32(47-26)33(43)38(8)28-13-12-27-35(3,4)29(48-30-23-42(20-21-46-30)19-18-41(9)10)14-15-39(27)24-40(28,39)17-16-37(31,38)7/h25-34,43-44H,11-24H2,1-10H3/t25-,26?,27+,28?,29+,30+,31+,32?,33+,34+,37-,38-,39-,40+/m1/s1. The Labute approximate surface area is 291 Å². The van der Waals surface area contributed by atoms with Gasteiger partial charge in [0.05, 0.1) is 36.6 Å². The van der Waals surface area contributed by atoms with E-state index in [1.54, 1.807) is 0 Å². The van der Waals surface area contributed by atoms with Gasteiger partial charge in [0.25, 0.3) is 0 Å². The van der Waals surface area contributed by atoms with E-state index in [1.807, 2.05) is 20.8 Å². The van der Waals surface area contributed by atoms with Gasteiger partial charge in [-0.05, 0) is 132 Å². The molecule has 2 saturated heterocycles. The highest BCUT2D eigenvalue weighted by molar-refractivity contribution is 5.33. The zero-order chi connectivity index (χ0) is 34.7. The molecule has 48 heavy (non-hydrogen) atoms. The number of hydrogen-bond donors (Lipinski definition) is 2. The van der Waals surface area contributed by atoms with Crippen LogP contribution in [0.3, 0.4) is 0 Å². The van der Waals surface area contributed by atoms with Crippen molar-refractivity contribution in [3.05, 3.63) is 0 Å². The van der Waals surface area contributed by atoms with E-state index in [0.717, 1.165) is 45.6 Å². The van der Waals surface area contributed by atoms with E-state index in [1.165, 1.54) is 38.5 Å². The molecule has 276 valence electrons. The molecule has 5 saturated carbocycles. The summed E-state index contributed by atoms with van der Waals surface area (Å²) < 4.78 is 26.3. The number of nitrogens with zero attached hydrogens (tertiary/aromatic N) is 2. The lowest BCUT2D eigenvalue weighted by atomic mass is 9.41. The molecule has 0 radical (unpaired) electrons. The zero-order valence-corrected chi connectivity index (χ0v) is 32.1. The highest BCUT2D eigenvalue weighted by Crippen LogP contribution is 2.89. The van der Waals surface area contributed by atoms with Gasteiger partial charge in [0.1, 0.15) is 6.10 Å². The molecule has 0 bridgehead atoms. The minimum atomic E-state index is -1.01. The van der Waals surface area contributed by atoms with Crippen molar-refractivity contribution in [2.45, 2.75) is 149 Å². The van der Waals surface area contributed by atoms with Crippen molar-refractivity contribution in [2.75, 3.05) is 53.5 Å². The lowest BCUT2D eigenvalue weighted by Gasteiger charge is -2.64. The van der Waals surface area contributed by atoms with Crippen molar-refractivity contribution in [3.8, 4) is 0 Å². The number of ether oxygens (including phenoxy) is 4. The fourth-order valence-electron chi connectivity index (χ4n) is 14.2. The molecule has 2 spiro atoms. The molecule has 5 aliphatic carbocycles. The summed E-state index contributed by atoms with van der Waals surface area (Å²) in [6.07, 6.45) is 8.12. The maximum absolute atomic E-state index is 12.6. The van der Waals surface area contributed by atoms with E-state index in [4.69, 9.17) is 18.9 Å². The van der Waals surface area contributed by atoms with Gasteiger partial charge >= 0.3 is 0 Å². The Hall–Kier alpha value is -0.320. The van der Waals surface area contributed by atoms with Crippen LogP contribution in [0.25, 0.3) is 0 Å². The molecule has 14 atom stereocenters. The van der Waals surface area contributed by atoms with Crippen LogP contribution in [0.1, 0.15) is 107 Å². The summed E-state index contributed by atoms with van der Waals surface area (Å²) in [6, 6.07) is 0. The number of rotatable bonds is 9. The Balaban J connectivity index is 1.10. The number of fused-ring (bicyclic) bond motifs is 4. The molecule has 2 N–H and O–H groups in total.